The van der Waals surface area contributed by atoms with Gasteiger partial charge < -0.3 is 4.74 Å². The summed E-state index contributed by atoms with van der Waals surface area (Å²) < 4.78 is 5.32. The minimum atomic E-state index is -0.271. The largest absolute Gasteiger partial charge is 0.379 e. The molecule has 1 aromatic heterocycles. The van der Waals surface area contributed by atoms with Crippen molar-refractivity contribution < 1.29 is 9.53 Å². The molecule has 0 saturated heterocycles. The first kappa shape index (κ1) is 13.7. The van der Waals surface area contributed by atoms with Crippen molar-refractivity contribution in [1.29, 1.82) is 0 Å². The summed E-state index contributed by atoms with van der Waals surface area (Å²) in [6.45, 7) is 3.96. The molecule has 2 aromatic rings. The van der Waals surface area contributed by atoms with Crippen LogP contribution in [0, 0.1) is 0 Å². The normalized spacial score (nSPS) is 11.7. The molecule has 0 spiro atoms. The third kappa shape index (κ3) is 3.38. The molecule has 0 unspecified atom stereocenters. The summed E-state index contributed by atoms with van der Waals surface area (Å²) >= 11 is 0. The first-order chi connectivity index (χ1) is 9.02. The maximum Gasteiger partial charge on any atom is 0.181 e. The van der Waals surface area contributed by atoms with E-state index in [0.29, 0.717) is 18.5 Å². The van der Waals surface area contributed by atoms with Crippen LogP contribution in [-0.2, 0) is 4.74 Å². The van der Waals surface area contributed by atoms with Crippen molar-refractivity contribution in [2.24, 2.45) is 0 Å². The predicted octanol–water partition coefficient (Wildman–Crippen LogP) is 3.62. The molecule has 0 fully saturated rings. The molecule has 19 heavy (non-hydrogen) atoms. The smallest absolute Gasteiger partial charge is 0.181 e. The van der Waals surface area contributed by atoms with E-state index in [4.69, 9.17) is 4.74 Å². The number of para-hydroxylation sites is 1. The number of rotatable bonds is 5. The van der Waals surface area contributed by atoms with Crippen LogP contribution in [0.25, 0.3) is 10.9 Å². The zero-order valence-electron chi connectivity index (χ0n) is 11.6. The van der Waals surface area contributed by atoms with Gasteiger partial charge in [-0.25, -0.2) is 4.98 Å². The van der Waals surface area contributed by atoms with Gasteiger partial charge >= 0.3 is 0 Å². The number of hydrogen-bond donors (Lipinski definition) is 0. The number of fused-ring (bicyclic) bond motifs is 1. The van der Waals surface area contributed by atoms with Gasteiger partial charge in [-0.1, -0.05) is 24.3 Å². The van der Waals surface area contributed by atoms with Crippen molar-refractivity contribution in [3.8, 4) is 0 Å². The van der Waals surface area contributed by atoms with E-state index in [-0.39, 0.29) is 11.4 Å². The Labute approximate surface area is 113 Å². The number of methoxy groups -OCH3 is 1. The van der Waals surface area contributed by atoms with E-state index in [0.717, 1.165) is 10.9 Å². The molecule has 0 amide bonds. The van der Waals surface area contributed by atoms with Gasteiger partial charge in [-0.3, -0.25) is 4.79 Å². The highest BCUT2D eigenvalue weighted by atomic mass is 16.5. The molecule has 0 atom stereocenters. The van der Waals surface area contributed by atoms with Crippen LogP contribution in [0.4, 0.5) is 0 Å². The minimum Gasteiger partial charge on any atom is -0.379 e. The molecular formula is C16H19NO2. The lowest BCUT2D eigenvalue weighted by atomic mass is 9.99. The van der Waals surface area contributed by atoms with Gasteiger partial charge in [0, 0.05) is 18.9 Å². The lowest BCUT2D eigenvalue weighted by molar-refractivity contribution is 0.0141. The summed E-state index contributed by atoms with van der Waals surface area (Å²) in [5.74, 6) is 0.0656. The van der Waals surface area contributed by atoms with Crippen LogP contribution < -0.4 is 0 Å². The van der Waals surface area contributed by atoms with Gasteiger partial charge in [0.25, 0.3) is 0 Å². The Bertz CT molecular complexity index is 590. The van der Waals surface area contributed by atoms with Crippen LogP contribution in [0.1, 0.15) is 37.2 Å². The molecule has 0 saturated carbocycles. The molecule has 1 aromatic carbocycles. The average Bonchev–Trinajstić information content (AvgIpc) is 2.44. The fourth-order valence-electron chi connectivity index (χ4n) is 1.87. The molecule has 0 aliphatic rings. The molecular weight excluding hydrogens is 238 g/mol. The number of carbonyl (C=O) groups excluding carboxylic acids is 1. The number of Topliss-reactive ketones (excluding diaryl/α,β-unsaturated/α-hetero) is 1. The second-order valence-electron chi connectivity index (χ2n) is 5.28. The summed E-state index contributed by atoms with van der Waals surface area (Å²) in [5.41, 5.74) is 1.12. The minimum absolute atomic E-state index is 0.0656. The number of benzene rings is 1. The Morgan fingerprint density at radius 3 is 2.68 bits per heavy atom. The Balaban J connectivity index is 2.13. The molecule has 100 valence electrons. The average molecular weight is 257 g/mol. The second kappa shape index (κ2) is 5.49. The third-order valence-corrected chi connectivity index (χ3v) is 3.39. The summed E-state index contributed by atoms with van der Waals surface area (Å²) in [5, 5.41) is 1.05. The first-order valence-corrected chi connectivity index (χ1v) is 6.46. The van der Waals surface area contributed by atoms with E-state index < -0.39 is 0 Å². The SMILES string of the molecule is COC(C)(C)CCC(=O)c1ccc2ccccc2n1. The zero-order chi connectivity index (χ0) is 13.9. The Hall–Kier alpha value is -1.74. The van der Waals surface area contributed by atoms with Gasteiger partial charge in [-0.2, -0.15) is 0 Å². The number of ether oxygens (including phenoxy) is 1. The standard InChI is InChI=1S/C16H19NO2/c1-16(2,19-3)11-10-15(18)14-9-8-12-6-4-5-7-13(12)17-14/h4-9H,10-11H2,1-3H3. The van der Waals surface area contributed by atoms with Gasteiger partial charge in [0.1, 0.15) is 5.69 Å². The van der Waals surface area contributed by atoms with Gasteiger partial charge in [0.2, 0.25) is 0 Å². The second-order valence-corrected chi connectivity index (χ2v) is 5.28. The van der Waals surface area contributed by atoms with Gasteiger partial charge in [0.15, 0.2) is 5.78 Å². The molecule has 0 aliphatic heterocycles. The Morgan fingerprint density at radius 2 is 1.95 bits per heavy atom. The van der Waals surface area contributed by atoms with Crippen LogP contribution >= 0.6 is 0 Å². The van der Waals surface area contributed by atoms with Gasteiger partial charge in [0.05, 0.1) is 11.1 Å². The summed E-state index contributed by atoms with van der Waals surface area (Å²) in [4.78, 5) is 16.5. The summed E-state index contributed by atoms with van der Waals surface area (Å²) in [6, 6.07) is 11.5. The molecule has 0 aliphatic carbocycles. The van der Waals surface area contributed by atoms with Crippen LogP contribution in [0.15, 0.2) is 36.4 Å². The first-order valence-electron chi connectivity index (χ1n) is 6.46. The van der Waals surface area contributed by atoms with E-state index in [1.54, 1.807) is 13.2 Å². The predicted molar refractivity (Wildman–Crippen MR) is 76.4 cm³/mol. The number of pyridine rings is 1. The maximum absolute atomic E-state index is 12.1. The topological polar surface area (TPSA) is 39.2 Å². The van der Waals surface area contributed by atoms with E-state index in [1.807, 2.05) is 44.2 Å². The highest BCUT2D eigenvalue weighted by Crippen LogP contribution is 2.18. The van der Waals surface area contributed by atoms with E-state index >= 15 is 0 Å². The maximum atomic E-state index is 12.1. The molecule has 0 N–H and O–H groups in total. The van der Waals surface area contributed by atoms with Crippen molar-refractivity contribution >= 4 is 16.7 Å². The van der Waals surface area contributed by atoms with Crippen LogP contribution in [0.5, 0.6) is 0 Å². The van der Waals surface area contributed by atoms with E-state index in [9.17, 15) is 4.79 Å². The third-order valence-electron chi connectivity index (χ3n) is 3.39. The number of hydrogen-bond acceptors (Lipinski definition) is 3. The van der Waals surface area contributed by atoms with Crippen molar-refractivity contribution in [3.05, 3.63) is 42.1 Å². The van der Waals surface area contributed by atoms with E-state index in [2.05, 4.69) is 4.98 Å². The van der Waals surface area contributed by atoms with Crippen LogP contribution in [0.3, 0.4) is 0 Å². The van der Waals surface area contributed by atoms with Crippen molar-refractivity contribution in [1.82, 2.24) is 4.98 Å². The van der Waals surface area contributed by atoms with Crippen molar-refractivity contribution in [2.75, 3.05) is 7.11 Å². The van der Waals surface area contributed by atoms with Crippen molar-refractivity contribution in [3.63, 3.8) is 0 Å². The number of nitrogens with zero attached hydrogens (tertiary/aromatic N) is 1. The molecule has 1 heterocycles. The quantitative estimate of drug-likeness (QED) is 0.768. The molecule has 3 heteroatoms. The fourth-order valence-corrected chi connectivity index (χ4v) is 1.87. The molecule has 3 nitrogen and oxygen atoms in total. The Morgan fingerprint density at radius 1 is 1.21 bits per heavy atom. The molecule has 0 bridgehead atoms. The molecule has 0 radical (unpaired) electrons. The van der Waals surface area contributed by atoms with Crippen LogP contribution in [0.2, 0.25) is 0 Å². The lowest BCUT2D eigenvalue weighted by Crippen LogP contribution is -2.23. The lowest BCUT2D eigenvalue weighted by Gasteiger charge is -2.22. The summed E-state index contributed by atoms with van der Waals surface area (Å²) in [6.07, 6.45) is 1.14. The molecule has 2 rings (SSSR count). The van der Waals surface area contributed by atoms with Gasteiger partial charge in [-0.05, 0) is 32.4 Å². The highest BCUT2D eigenvalue weighted by molar-refractivity contribution is 5.96. The fraction of sp³-hybridized carbons (Fsp3) is 0.375. The van der Waals surface area contributed by atoms with Crippen LogP contribution in [-0.4, -0.2) is 23.5 Å². The highest BCUT2D eigenvalue weighted by Gasteiger charge is 2.19. The van der Waals surface area contributed by atoms with Gasteiger partial charge in [-0.15, -0.1) is 0 Å². The zero-order valence-corrected chi connectivity index (χ0v) is 11.6. The number of carbonyl (C=O) groups is 1. The summed E-state index contributed by atoms with van der Waals surface area (Å²) in [7, 11) is 1.67. The monoisotopic (exact) mass is 257 g/mol. The van der Waals surface area contributed by atoms with E-state index in [1.165, 1.54) is 0 Å². The number of aromatic nitrogens is 1. The van der Waals surface area contributed by atoms with Crippen molar-refractivity contribution in [2.45, 2.75) is 32.3 Å². The Kier molecular flexibility index (Phi) is 3.96. The number of ketones is 1.